The minimum absolute atomic E-state index is 0.333. The highest BCUT2D eigenvalue weighted by Gasteiger charge is 2.29. The zero-order valence-corrected chi connectivity index (χ0v) is 12.1. The second kappa shape index (κ2) is 5.82. The molecule has 0 radical (unpaired) electrons. The summed E-state index contributed by atoms with van der Waals surface area (Å²) in [5.74, 6) is 0.0450. The lowest BCUT2D eigenvalue weighted by atomic mass is 10.1. The molecule has 2 aromatic rings. The summed E-state index contributed by atoms with van der Waals surface area (Å²) in [4.78, 5) is 16.3. The maximum absolute atomic E-state index is 12.0. The molecule has 0 fully saturated rings. The normalized spacial score (nSPS) is 16.8. The van der Waals surface area contributed by atoms with E-state index in [1.807, 2.05) is 43.3 Å². The van der Waals surface area contributed by atoms with Gasteiger partial charge in [-0.05, 0) is 36.8 Å². The zero-order valence-electron chi connectivity index (χ0n) is 12.1. The summed E-state index contributed by atoms with van der Waals surface area (Å²) in [5, 5.41) is 8.79. The largest absolute Gasteiger partial charge is 0.406 e. The van der Waals surface area contributed by atoms with Crippen LogP contribution in [0.5, 0.6) is 0 Å². The molecule has 0 saturated heterocycles. The quantitative estimate of drug-likeness (QED) is 0.817. The molecule has 4 heteroatoms. The topological polar surface area (TPSA) is 62.5 Å². The molecule has 3 rings (SSSR count). The van der Waals surface area contributed by atoms with Crippen molar-refractivity contribution in [2.24, 2.45) is 4.99 Å². The van der Waals surface area contributed by atoms with Crippen molar-refractivity contribution in [3.63, 3.8) is 0 Å². The summed E-state index contributed by atoms with van der Waals surface area (Å²) in [7, 11) is 0. The minimum atomic E-state index is -0.524. The van der Waals surface area contributed by atoms with E-state index in [0.717, 1.165) is 16.7 Å². The van der Waals surface area contributed by atoms with Crippen LogP contribution in [0.4, 0.5) is 0 Å². The maximum Gasteiger partial charge on any atom is 0.338 e. The Balaban J connectivity index is 1.77. The summed E-state index contributed by atoms with van der Waals surface area (Å²) in [6, 6.07) is 16.4. The number of hydrogen-bond acceptors (Lipinski definition) is 4. The molecule has 108 valence electrons. The zero-order chi connectivity index (χ0) is 15.5. The number of nitrogens with zero attached hydrogens (tertiary/aromatic N) is 2. The molecule has 22 heavy (non-hydrogen) atoms. The Bertz CT molecular complexity index is 768. The number of cyclic esters (lactones) is 1. The lowest BCUT2D eigenvalue weighted by molar-refractivity contribution is -0.134. The van der Waals surface area contributed by atoms with Crippen molar-refractivity contribution in [3.8, 4) is 6.07 Å². The van der Waals surface area contributed by atoms with Crippen molar-refractivity contribution in [2.45, 2.75) is 19.4 Å². The SMILES string of the molecule is Cc1ccc(C2=NC(Cc3ccc(C#N)cc3)C(=O)O2)cc1. The number of carbonyl (C=O) groups is 1. The van der Waals surface area contributed by atoms with E-state index in [9.17, 15) is 4.79 Å². The van der Waals surface area contributed by atoms with Crippen molar-refractivity contribution < 1.29 is 9.53 Å². The smallest absolute Gasteiger partial charge is 0.338 e. The van der Waals surface area contributed by atoms with Crippen molar-refractivity contribution in [1.82, 2.24) is 0 Å². The van der Waals surface area contributed by atoms with Gasteiger partial charge in [0, 0.05) is 12.0 Å². The van der Waals surface area contributed by atoms with Crippen LogP contribution in [0.1, 0.15) is 22.3 Å². The first-order chi connectivity index (χ1) is 10.7. The summed E-state index contributed by atoms with van der Waals surface area (Å²) < 4.78 is 5.28. The van der Waals surface area contributed by atoms with Crippen molar-refractivity contribution in [3.05, 3.63) is 70.8 Å². The molecular formula is C18H14N2O2. The highest BCUT2D eigenvalue weighted by atomic mass is 16.6. The molecule has 1 atom stereocenters. The van der Waals surface area contributed by atoms with Gasteiger partial charge in [-0.1, -0.05) is 29.8 Å². The molecule has 4 nitrogen and oxygen atoms in total. The summed E-state index contributed by atoms with van der Waals surface area (Å²) in [6.07, 6.45) is 0.472. The van der Waals surface area contributed by atoms with Crippen LogP contribution < -0.4 is 0 Å². The second-order valence-corrected chi connectivity index (χ2v) is 5.25. The first-order valence-electron chi connectivity index (χ1n) is 7.01. The lowest BCUT2D eigenvalue weighted by Crippen LogP contribution is -2.17. The fourth-order valence-electron chi connectivity index (χ4n) is 2.28. The molecule has 2 aromatic carbocycles. The number of esters is 1. The van der Waals surface area contributed by atoms with Crippen molar-refractivity contribution in [2.75, 3.05) is 0 Å². The molecule has 1 unspecified atom stereocenters. The lowest BCUT2D eigenvalue weighted by Gasteiger charge is -2.03. The third-order valence-corrected chi connectivity index (χ3v) is 3.55. The summed E-state index contributed by atoms with van der Waals surface area (Å²) >= 11 is 0. The van der Waals surface area contributed by atoms with Crippen LogP contribution in [0, 0.1) is 18.3 Å². The van der Waals surface area contributed by atoms with Gasteiger partial charge in [-0.2, -0.15) is 5.26 Å². The van der Waals surface area contributed by atoms with E-state index < -0.39 is 6.04 Å². The van der Waals surface area contributed by atoms with Crippen LogP contribution in [0.25, 0.3) is 0 Å². The van der Waals surface area contributed by atoms with Crippen molar-refractivity contribution >= 4 is 11.9 Å². The number of hydrogen-bond donors (Lipinski definition) is 0. The molecule has 1 aliphatic rings. The first-order valence-corrected chi connectivity index (χ1v) is 7.01. The van der Waals surface area contributed by atoms with Gasteiger partial charge in [-0.25, -0.2) is 9.79 Å². The average molecular weight is 290 g/mol. The third kappa shape index (κ3) is 2.89. The summed E-state index contributed by atoms with van der Waals surface area (Å²) in [6.45, 7) is 2.00. The summed E-state index contributed by atoms with van der Waals surface area (Å²) in [5.41, 5.74) is 3.50. The molecule has 0 aromatic heterocycles. The molecule has 1 aliphatic heterocycles. The van der Waals surface area contributed by atoms with Gasteiger partial charge in [0.1, 0.15) is 0 Å². The van der Waals surface area contributed by atoms with Gasteiger partial charge in [0.05, 0.1) is 11.6 Å². The van der Waals surface area contributed by atoms with Crippen LogP contribution in [0.3, 0.4) is 0 Å². The van der Waals surface area contributed by atoms with E-state index in [-0.39, 0.29) is 5.97 Å². The van der Waals surface area contributed by atoms with Crippen LogP contribution in [0.15, 0.2) is 53.5 Å². The standard InChI is InChI=1S/C18H14N2O2/c1-12-2-8-15(9-3-12)17-20-16(18(21)22-17)10-13-4-6-14(11-19)7-5-13/h2-9,16H,10H2,1H3. The Labute approximate surface area is 128 Å². The van der Waals surface area contributed by atoms with Gasteiger partial charge in [-0.15, -0.1) is 0 Å². The van der Waals surface area contributed by atoms with E-state index in [0.29, 0.717) is 17.9 Å². The molecule has 1 heterocycles. The molecule has 0 N–H and O–H groups in total. The predicted octanol–water partition coefficient (Wildman–Crippen LogP) is 2.78. The van der Waals surface area contributed by atoms with E-state index in [1.165, 1.54) is 0 Å². The highest BCUT2D eigenvalue weighted by molar-refractivity contribution is 6.06. The Kier molecular flexibility index (Phi) is 3.71. The van der Waals surface area contributed by atoms with Gasteiger partial charge in [-0.3, -0.25) is 0 Å². The Hall–Kier alpha value is -2.93. The van der Waals surface area contributed by atoms with E-state index in [2.05, 4.69) is 11.1 Å². The van der Waals surface area contributed by atoms with Gasteiger partial charge >= 0.3 is 5.97 Å². The Morgan fingerprint density at radius 2 is 1.82 bits per heavy atom. The number of rotatable bonds is 3. The van der Waals surface area contributed by atoms with Gasteiger partial charge in [0.15, 0.2) is 6.04 Å². The first kappa shape index (κ1) is 14.0. The Morgan fingerprint density at radius 1 is 1.14 bits per heavy atom. The van der Waals surface area contributed by atoms with Gasteiger partial charge in [0.2, 0.25) is 5.90 Å². The molecule has 0 spiro atoms. The van der Waals surface area contributed by atoms with Crippen LogP contribution in [0.2, 0.25) is 0 Å². The van der Waals surface area contributed by atoms with Crippen LogP contribution in [-0.2, 0) is 16.0 Å². The third-order valence-electron chi connectivity index (χ3n) is 3.55. The number of aliphatic imine (C=N–C) groups is 1. The molecule has 0 saturated carbocycles. The molecule has 0 aliphatic carbocycles. The fourth-order valence-corrected chi connectivity index (χ4v) is 2.28. The number of nitriles is 1. The highest BCUT2D eigenvalue weighted by Crippen LogP contribution is 2.18. The number of benzene rings is 2. The van der Waals surface area contributed by atoms with Gasteiger partial charge < -0.3 is 4.74 Å². The molecular weight excluding hydrogens is 276 g/mol. The average Bonchev–Trinajstić information content (AvgIpc) is 2.90. The number of carbonyl (C=O) groups excluding carboxylic acids is 1. The second-order valence-electron chi connectivity index (χ2n) is 5.25. The number of ether oxygens (including phenoxy) is 1. The number of aryl methyl sites for hydroxylation is 1. The Morgan fingerprint density at radius 3 is 2.45 bits per heavy atom. The predicted molar refractivity (Wildman–Crippen MR) is 82.5 cm³/mol. The van der Waals surface area contributed by atoms with E-state index in [1.54, 1.807) is 12.1 Å². The monoisotopic (exact) mass is 290 g/mol. The van der Waals surface area contributed by atoms with Crippen LogP contribution >= 0.6 is 0 Å². The van der Waals surface area contributed by atoms with Crippen LogP contribution in [-0.4, -0.2) is 17.9 Å². The van der Waals surface area contributed by atoms with Crippen molar-refractivity contribution in [1.29, 1.82) is 5.26 Å². The van der Waals surface area contributed by atoms with E-state index in [4.69, 9.17) is 10.00 Å². The molecule has 0 bridgehead atoms. The van der Waals surface area contributed by atoms with E-state index >= 15 is 0 Å². The minimum Gasteiger partial charge on any atom is -0.406 e. The van der Waals surface area contributed by atoms with Gasteiger partial charge in [0.25, 0.3) is 0 Å². The fraction of sp³-hybridized carbons (Fsp3) is 0.167. The maximum atomic E-state index is 12.0. The molecule has 0 amide bonds.